The van der Waals surface area contributed by atoms with Crippen LogP contribution >= 0.6 is 11.3 Å². The van der Waals surface area contributed by atoms with Crippen molar-refractivity contribution in [3.8, 4) is 22.2 Å². The van der Waals surface area contributed by atoms with E-state index in [2.05, 4.69) is 20.0 Å². The van der Waals surface area contributed by atoms with Crippen LogP contribution in [0.25, 0.3) is 10.6 Å². The second-order valence-electron chi connectivity index (χ2n) is 8.74. The fourth-order valence-electron chi connectivity index (χ4n) is 3.72. The molecule has 11 nitrogen and oxygen atoms in total. The van der Waals surface area contributed by atoms with Crippen LogP contribution in [0.1, 0.15) is 21.6 Å². The highest BCUT2D eigenvalue weighted by molar-refractivity contribution is 7.92. The molecule has 210 valence electrons. The predicted molar refractivity (Wildman–Crippen MR) is 152 cm³/mol. The average molecular weight is 585 g/mol. The molecule has 0 bridgehead atoms. The zero-order chi connectivity index (χ0) is 28.9. The van der Waals surface area contributed by atoms with Crippen molar-refractivity contribution in [3.05, 3.63) is 76.9 Å². The molecular formula is C27H28N4O7S2. The van der Waals surface area contributed by atoms with Crippen LogP contribution in [0, 0.1) is 13.8 Å². The van der Waals surface area contributed by atoms with Crippen LogP contribution < -0.4 is 19.5 Å². The molecule has 2 aromatic heterocycles. The van der Waals surface area contributed by atoms with Gasteiger partial charge in [0.25, 0.3) is 15.9 Å². The van der Waals surface area contributed by atoms with Gasteiger partial charge in [0.15, 0.2) is 4.90 Å². The van der Waals surface area contributed by atoms with E-state index in [1.165, 1.54) is 30.7 Å². The maximum atomic E-state index is 13.3. The van der Waals surface area contributed by atoms with Gasteiger partial charge in [-0.1, -0.05) is 30.3 Å². The molecule has 4 aromatic rings. The minimum Gasteiger partial charge on any atom is -0.490 e. The second-order valence-corrected chi connectivity index (χ2v) is 11.2. The van der Waals surface area contributed by atoms with Crippen LogP contribution in [-0.2, 0) is 10.0 Å². The van der Waals surface area contributed by atoms with E-state index in [9.17, 15) is 18.3 Å². The molecule has 0 saturated carbocycles. The van der Waals surface area contributed by atoms with E-state index >= 15 is 0 Å². The lowest BCUT2D eigenvalue weighted by Gasteiger charge is -2.15. The number of aryl methyl sites for hydroxylation is 2. The van der Waals surface area contributed by atoms with Gasteiger partial charge in [0.1, 0.15) is 29.2 Å². The van der Waals surface area contributed by atoms with Crippen LogP contribution in [0.3, 0.4) is 0 Å². The highest BCUT2D eigenvalue weighted by Gasteiger charge is 2.24. The number of nitrogens with zero attached hydrogens (tertiary/aromatic N) is 2. The fraction of sp³-hybridized carbons (Fsp3) is 0.222. The van der Waals surface area contributed by atoms with Crippen molar-refractivity contribution < 1.29 is 32.9 Å². The number of ether oxygens (including phenoxy) is 2. The van der Waals surface area contributed by atoms with Crippen molar-refractivity contribution >= 4 is 38.6 Å². The van der Waals surface area contributed by atoms with Crippen molar-refractivity contribution in [3.63, 3.8) is 0 Å². The first-order chi connectivity index (χ1) is 19.1. The third-order valence-corrected chi connectivity index (χ3v) is 7.99. The first-order valence-corrected chi connectivity index (χ1v) is 14.4. The number of aromatic nitrogens is 2. The molecular weight excluding hydrogens is 556 g/mol. The lowest BCUT2D eigenvalue weighted by molar-refractivity contribution is 0.0538. The molecule has 0 radical (unpaired) electrons. The number of hydrogen-bond donors (Lipinski definition) is 4. The number of aliphatic hydroxyl groups is 2. The summed E-state index contributed by atoms with van der Waals surface area (Å²) in [5, 5.41) is 23.3. The lowest BCUT2D eigenvalue weighted by atomic mass is 10.1. The number of nitrogens with one attached hydrogen (secondary N) is 2. The number of amides is 1. The van der Waals surface area contributed by atoms with E-state index in [1.807, 2.05) is 6.07 Å². The minimum absolute atomic E-state index is 0.0964. The number of para-hydroxylation sites is 2. The smallest absolute Gasteiger partial charge is 0.275 e. The van der Waals surface area contributed by atoms with Crippen molar-refractivity contribution in [1.29, 1.82) is 0 Å². The summed E-state index contributed by atoms with van der Waals surface area (Å²) in [5.74, 6) is -0.271. The van der Waals surface area contributed by atoms with Gasteiger partial charge in [-0.2, -0.15) is 0 Å². The van der Waals surface area contributed by atoms with E-state index in [-0.39, 0.29) is 28.8 Å². The van der Waals surface area contributed by atoms with Gasteiger partial charge in [0.05, 0.1) is 36.9 Å². The van der Waals surface area contributed by atoms with Gasteiger partial charge >= 0.3 is 0 Å². The second kappa shape index (κ2) is 12.4. The van der Waals surface area contributed by atoms with Gasteiger partial charge in [0, 0.05) is 5.38 Å². The summed E-state index contributed by atoms with van der Waals surface area (Å²) in [7, 11) is -2.82. The summed E-state index contributed by atoms with van der Waals surface area (Å²) in [6, 6.07) is 13.7. The average Bonchev–Trinajstić information content (AvgIpc) is 3.44. The molecule has 2 heterocycles. The zero-order valence-corrected chi connectivity index (χ0v) is 23.5. The van der Waals surface area contributed by atoms with Crippen molar-refractivity contribution in [2.24, 2.45) is 0 Å². The first-order valence-electron chi connectivity index (χ1n) is 12.0. The predicted octanol–water partition coefficient (Wildman–Crippen LogP) is 3.62. The van der Waals surface area contributed by atoms with Gasteiger partial charge < -0.3 is 25.0 Å². The molecule has 0 saturated heterocycles. The summed E-state index contributed by atoms with van der Waals surface area (Å²) in [5.41, 5.74) is 2.77. The summed E-state index contributed by atoms with van der Waals surface area (Å²) < 4.78 is 40.0. The van der Waals surface area contributed by atoms with Crippen molar-refractivity contribution in [1.82, 2.24) is 9.97 Å². The normalized spacial score (nSPS) is 12.0. The Balaban J connectivity index is 1.56. The molecule has 0 aliphatic heterocycles. The zero-order valence-electron chi connectivity index (χ0n) is 21.9. The Bertz CT molecular complexity index is 1600. The van der Waals surface area contributed by atoms with Crippen LogP contribution in [0.2, 0.25) is 0 Å². The number of sulfonamides is 1. The van der Waals surface area contributed by atoms with E-state index in [1.54, 1.807) is 55.6 Å². The topological polar surface area (TPSA) is 160 Å². The van der Waals surface area contributed by atoms with E-state index in [4.69, 9.17) is 14.6 Å². The summed E-state index contributed by atoms with van der Waals surface area (Å²) >= 11 is 1.21. The molecule has 0 fully saturated rings. The van der Waals surface area contributed by atoms with E-state index in [0.29, 0.717) is 22.0 Å². The Morgan fingerprint density at radius 3 is 2.55 bits per heavy atom. The lowest BCUT2D eigenvalue weighted by Crippen LogP contribution is -2.21. The Morgan fingerprint density at radius 2 is 1.85 bits per heavy atom. The molecule has 1 amide bonds. The third kappa shape index (κ3) is 6.57. The van der Waals surface area contributed by atoms with Gasteiger partial charge in [0.2, 0.25) is 5.88 Å². The van der Waals surface area contributed by atoms with Gasteiger partial charge in [-0.15, -0.1) is 11.3 Å². The Hall–Kier alpha value is -4.04. The number of rotatable bonds is 11. The van der Waals surface area contributed by atoms with Crippen LogP contribution in [-0.4, -0.2) is 60.9 Å². The number of thiazole rings is 1. The molecule has 1 unspecified atom stereocenters. The molecule has 1 atom stereocenters. The number of methoxy groups -OCH3 is 1. The molecule has 4 N–H and O–H groups in total. The molecule has 2 aromatic carbocycles. The van der Waals surface area contributed by atoms with Crippen LogP contribution in [0.4, 0.5) is 11.4 Å². The van der Waals surface area contributed by atoms with Crippen LogP contribution in [0.15, 0.2) is 65.0 Å². The summed E-state index contributed by atoms with van der Waals surface area (Å²) in [6.45, 7) is 3.04. The Kier molecular flexibility index (Phi) is 9.00. The summed E-state index contributed by atoms with van der Waals surface area (Å²) in [6.07, 6.45) is 0.255. The Labute approximate surface area is 235 Å². The summed E-state index contributed by atoms with van der Waals surface area (Å²) in [4.78, 5) is 21.2. The maximum Gasteiger partial charge on any atom is 0.275 e. The molecule has 13 heteroatoms. The maximum absolute atomic E-state index is 13.3. The standard InChI is InChI=1S/C27H28N4O7S2/c1-16-7-6-8-17(2)24(16)31-40(35,36)23-11-18(12-28-26(23)37-3)29-25(34)21-15-39-27(30-21)20-9-4-5-10-22(20)38-14-19(33)13-32/h4-12,15,19,31-33H,13-14H2,1-3H3,(H,29,34). The molecule has 0 aliphatic rings. The van der Waals surface area contributed by atoms with E-state index < -0.39 is 28.6 Å². The first kappa shape index (κ1) is 29.0. The monoisotopic (exact) mass is 584 g/mol. The highest BCUT2D eigenvalue weighted by atomic mass is 32.2. The van der Waals surface area contributed by atoms with E-state index in [0.717, 1.165) is 11.1 Å². The number of anilines is 2. The minimum atomic E-state index is -4.12. The number of pyridine rings is 1. The molecule has 0 aliphatic carbocycles. The van der Waals surface area contributed by atoms with Crippen LogP contribution in [0.5, 0.6) is 11.6 Å². The molecule has 4 rings (SSSR count). The van der Waals surface area contributed by atoms with Gasteiger partial charge in [-0.05, 0) is 43.2 Å². The number of aliphatic hydroxyl groups excluding tert-OH is 2. The molecule has 0 spiro atoms. The third-order valence-electron chi connectivity index (χ3n) is 5.77. The molecule has 40 heavy (non-hydrogen) atoms. The fourth-order valence-corrected chi connectivity index (χ4v) is 5.89. The highest BCUT2D eigenvalue weighted by Crippen LogP contribution is 2.33. The largest absolute Gasteiger partial charge is 0.490 e. The number of carbonyl (C=O) groups is 1. The van der Waals surface area contributed by atoms with Gasteiger partial charge in [-0.3, -0.25) is 9.52 Å². The SMILES string of the molecule is COc1ncc(NC(=O)c2csc(-c3ccccc3OCC(O)CO)n2)cc1S(=O)(=O)Nc1c(C)cccc1C. The van der Waals surface area contributed by atoms with Crippen molar-refractivity contribution in [2.45, 2.75) is 24.8 Å². The van der Waals surface area contributed by atoms with Gasteiger partial charge in [-0.25, -0.2) is 18.4 Å². The Morgan fingerprint density at radius 1 is 1.12 bits per heavy atom. The number of carbonyl (C=O) groups excluding carboxylic acids is 1. The number of benzene rings is 2. The van der Waals surface area contributed by atoms with Crippen molar-refractivity contribution in [2.75, 3.05) is 30.4 Å². The number of hydrogen-bond acceptors (Lipinski definition) is 10. The quantitative estimate of drug-likeness (QED) is 0.206.